The van der Waals surface area contributed by atoms with E-state index in [1.807, 2.05) is 0 Å². The lowest BCUT2D eigenvalue weighted by Gasteiger charge is -2.36. The van der Waals surface area contributed by atoms with Gasteiger partial charge in [-0.05, 0) is 24.3 Å². The number of benzene rings is 1. The zero-order valence-electron chi connectivity index (χ0n) is 18.8. The van der Waals surface area contributed by atoms with Crippen molar-refractivity contribution in [2.45, 2.75) is 24.6 Å². The molecule has 1 fully saturated rings. The lowest BCUT2D eigenvalue weighted by atomic mass is 9.92. The zero-order valence-corrected chi connectivity index (χ0v) is 18.8. The number of anilines is 3. The number of ether oxygens (including phenoxy) is 2. The van der Waals surface area contributed by atoms with Crippen LogP contribution in [-0.4, -0.2) is 58.9 Å². The van der Waals surface area contributed by atoms with Crippen molar-refractivity contribution in [1.29, 1.82) is 0 Å². The number of aromatic nitrogens is 3. The van der Waals surface area contributed by atoms with Crippen LogP contribution in [0.1, 0.15) is 18.4 Å². The molecular weight excluding hydrogens is 471 g/mol. The van der Waals surface area contributed by atoms with Gasteiger partial charge in [0.25, 0.3) is 5.56 Å². The Balaban J connectivity index is 1.73. The molecule has 0 spiro atoms. The largest absolute Gasteiger partial charge is 0.496 e. The van der Waals surface area contributed by atoms with Crippen molar-refractivity contribution in [3.8, 4) is 5.75 Å². The van der Waals surface area contributed by atoms with Crippen LogP contribution >= 0.6 is 0 Å². The standard InChI is InChI=1S/C22H22F3N5O5/c1-34-15-4-3-12(11-13(15)22(23,24)25)27-17-16-14(5-8-26-18(16)31)28-20(29-17)30-9-6-21(33,7-10-30)19(32)35-2/h3-5,8,11,33H,6-7,9-10H2,1-2H3,(H,26,31)(H,27,28,29). The molecule has 0 aliphatic carbocycles. The van der Waals surface area contributed by atoms with Crippen molar-refractivity contribution in [3.63, 3.8) is 0 Å². The summed E-state index contributed by atoms with van der Waals surface area (Å²) in [5.74, 6) is -0.896. The molecule has 0 atom stereocenters. The Kier molecular flexibility index (Phi) is 6.28. The average molecular weight is 493 g/mol. The Labute approximate surface area is 196 Å². The van der Waals surface area contributed by atoms with E-state index in [-0.39, 0.29) is 60.0 Å². The number of esters is 1. The summed E-state index contributed by atoms with van der Waals surface area (Å²) in [6.07, 6.45) is -3.14. The molecule has 1 saturated heterocycles. The van der Waals surface area contributed by atoms with Gasteiger partial charge in [-0.2, -0.15) is 18.2 Å². The van der Waals surface area contributed by atoms with Gasteiger partial charge in [-0.1, -0.05) is 0 Å². The summed E-state index contributed by atoms with van der Waals surface area (Å²) < 4.78 is 49.9. The number of hydrogen-bond donors (Lipinski definition) is 3. The number of aliphatic hydroxyl groups is 1. The maximum Gasteiger partial charge on any atom is 0.420 e. The van der Waals surface area contributed by atoms with E-state index in [1.165, 1.54) is 25.4 Å². The molecule has 1 aromatic carbocycles. The molecule has 1 aliphatic rings. The number of carbonyl (C=O) groups is 1. The molecule has 1 aliphatic heterocycles. The fourth-order valence-electron chi connectivity index (χ4n) is 3.93. The number of nitrogens with one attached hydrogen (secondary N) is 2. The van der Waals surface area contributed by atoms with Crippen molar-refractivity contribution in [1.82, 2.24) is 15.0 Å². The summed E-state index contributed by atoms with van der Waals surface area (Å²) >= 11 is 0. The van der Waals surface area contributed by atoms with Crippen LogP contribution in [-0.2, 0) is 15.7 Å². The summed E-state index contributed by atoms with van der Waals surface area (Å²) in [7, 11) is 2.33. The van der Waals surface area contributed by atoms with Gasteiger partial charge in [0.15, 0.2) is 5.60 Å². The Hall–Kier alpha value is -3.87. The minimum Gasteiger partial charge on any atom is -0.496 e. The second kappa shape index (κ2) is 9.06. The number of aromatic amines is 1. The first-order valence-electron chi connectivity index (χ1n) is 10.5. The van der Waals surface area contributed by atoms with Gasteiger partial charge >= 0.3 is 12.1 Å². The number of methoxy groups -OCH3 is 2. The monoisotopic (exact) mass is 493 g/mol. The van der Waals surface area contributed by atoms with Crippen LogP contribution in [0.25, 0.3) is 10.9 Å². The van der Waals surface area contributed by atoms with Crippen LogP contribution in [0.15, 0.2) is 35.3 Å². The molecule has 0 radical (unpaired) electrons. The van der Waals surface area contributed by atoms with Crippen molar-refractivity contribution in [3.05, 3.63) is 46.4 Å². The number of pyridine rings is 1. The topological polar surface area (TPSA) is 130 Å². The smallest absolute Gasteiger partial charge is 0.420 e. The van der Waals surface area contributed by atoms with E-state index in [0.29, 0.717) is 0 Å². The number of rotatable bonds is 5. The van der Waals surface area contributed by atoms with Gasteiger partial charge in [0.05, 0.1) is 25.3 Å². The SMILES string of the molecule is COC(=O)C1(O)CCN(c2nc(Nc3ccc(OC)c(C(F)(F)F)c3)c3c(=O)[nH]ccc3n2)CC1. The van der Waals surface area contributed by atoms with Gasteiger partial charge in [0, 0.05) is 37.8 Å². The minimum atomic E-state index is -4.66. The molecule has 4 rings (SSSR count). The lowest BCUT2D eigenvalue weighted by molar-refractivity contribution is -0.164. The quantitative estimate of drug-likeness (QED) is 0.459. The third-order valence-corrected chi connectivity index (χ3v) is 5.81. The van der Waals surface area contributed by atoms with E-state index in [4.69, 9.17) is 4.74 Å². The fourth-order valence-corrected chi connectivity index (χ4v) is 3.93. The summed E-state index contributed by atoms with van der Waals surface area (Å²) in [6, 6.07) is 4.94. The van der Waals surface area contributed by atoms with Crippen LogP contribution in [0.3, 0.4) is 0 Å². The van der Waals surface area contributed by atoms with Gasteiger partial charge in [-0.15, -0.1) is 0 Å². The summed E-state index contributed by atoms with van der Waals surface area (Å²) in [5, 5.41) is 13.4. The number of alkyl halides is 3. The van der Waals surface area contributed by atoms with Crippen molar-refractivity contribution >= 4 is 34.3 Å². The Bertz CT molecular complexity index is 1320. The number of piperidine rings is 1. The van der Waals surface area contributed by atoms with Gasteiger partial charge in [0.2, 0.25) is 5.95 Å². The normalized spacial score (nSPS) is 15.7. The van der Waals surface area contributed by atoms with E-state index in [1.54, 1.807) is 4.90 Å². The van der Waals surface area contributed by atoms with Gasteiger partial charge < -0.3 is 29.8 Å². The maximum atomic E-state index is 13.5. The third-order valence-electron chi connectivity index (χ3n) is 5.81. The molecule has 3 N–H and O–H groups in total. The fraction of sp³-hybridized carbons (Fsp3) is 0.364. The molecule has 3 heterocycles. The highest BCUT2D eigenvalue weighted by molar-refractivity contribution is 5.91. The highest BCUT2D eigenvalue weighted by Gasteiger charge is 2.41. The van der Waals surface area contributed by atoms with E-state index in [9.17, 15) is 27.9 Å². The number of H-pyrrole nitrogens is 1. The molecular formula is C22H22F3N5O5. The van der Waals surface area contributed by atoms with E-state index in [0.717, 1.165) is 19.2 Å². The first kappa shape index (κ1) is 24.3. The molecule has 10 nitrogen and oxygen atoms in total. The molecule has 186 valence electrons. The lowest BCUT2D eigenvalue weighted by Crippen LogP contribution is -2.50. The number of halogens is 3. The zero-order chi connectivity index (χ0) is 25.4. The van der Waals surface area contributed by atoms with Crippen LogP contribution in [0.5, 0.6) is 5.75 Å². The number of fused-ring (bicyclic) bond motifs is 1. The van der Waals surface area contributed by atoms with Crippen LogP contribution < -0.4 is 20.5 Å². The molecule has 0 bridgehead atoms. The van der Waals surface area contributed by atoms with E-state index < -0.39 is 28.9 Å². The molecule has 2 aromatic heterocycles. The third kappa shape index (κ3) is 4.71. The van der Waals surface area contributed by atoms with Crippen LogP contribution in [0.4, 0.5) is 30.6 Å². The highest BCUT2D eigenvalue weighted by atomic mass is 19.4. The first-order chi connectivity index (χ1) is 16.6. The van der Waals surface area contributed by atoms with Crippen molar-refractivity contribution < 1.29 is 32.5 Å². The Morgan fingerprint density at radius 1 is 1.20 bits per heavy atom. The molecule has 35 heavy (non-hydrogen) atoms. The molecule has 3 aromatic rings. The maximum absolute atomic E-state index is 13.5. The Morgan fingerprint density at radius 3 is 2.54 bits per heavy atom. The summed E-state index contributed by atoms with van der Waals surface area (Å²) in [6.45, 7) is 0.418. The minimum absolute atomic E-state index is 0.000977. The van der Waals surface area contributed by atoms with E-state index >= 15 is 0 Å². The average Bonchev–Trinajstić information content (AvgIpc) is 2.83. The second-order valence-electron chi connectivity index (χ2n) is 7.99. The predicted octanol–water partition coefficient (Wildman–Crippen LogP) is 2.59. The van der Waals surface area contributed by atoms with Crippen LogP contribution in [0.2, 0.25) is 0 Å². The highest BCUT2D eigenvalue weighted by Crippen LogP contribution is 2.38. The van der Waals surface area contributed by atoms with Gasteiger partial charge in [-0.3, -0.25) is 4.79 Å². The molecule has 13 heteroatoms. The summed E-state index contributed by atoms with van der Waals surface area (Å²) in [5.41, 5.74) is -2.85. The second-order valence-corrected chi connectivity index (χ2v) is 7.99. The van der Waals surface area contributed by atoms with Crippen LogP contribution in [0, 0.1) is 0 Å². The molecule has 0 amide bonds. The number of nitrogens with zero attached hydrogens (tertiary/aromatic N) is 3. The number of carbonyl (C=O) groups excluding carboxylic acids is 1. The molecule has 0 saturated carbocycles. The summed E-state index contributed by atoms with van der Waals surface area (Å²) in [4.78, 5) is 37.4. The van der Waals surface area contributed by atoms with Crippen molar-refractivity contribution in [2.75, 3.05) is 37.5 Å². The van der Waals surface area contributed by atoms with E-state index in [2.05, 4.69) is 25.0 Å². The Morgan fingerprint density at radius 2 is 1.91 bits per heavy atom. The van der Waals surface area contributed by atoms with Crippen molar-refractivity contribution in [2.24, 2.45) is 0 Å². The predicted molar refractivity (Wildman–Crippen MR) is 120 cm³/mol. The number of hydrogen-bond acceptors (Lipinski definition) is 9. The van der Waals surface area contributed by atoms with Gasteiger partial charge in [-0.25, -0.2) is 9.78 Å². The van der Waals surface area contributed by atoms with Gasteiger partial charge in [0.1, 0.15) is 17.0 Å². The molecule has 0 unspecified atom stereocenters. The first-order valence-corrected chi connectivity index (χ1v) is 10.5.